The molecule has 0 saturated carbocycles. The molecule has 1 aromatic rings. The van der Waals surface area contributed by atoms with Crippen molar-refractivity contribution in [2.45, 2.75) is 46.3 Å². The number of nitrogens with zero attached hydrogens (tertiary/aromatic N) is 1. The standard InChI is InChI=1S/C15H25N3O3/c1-6-20-10-11(2)17-12-7-8-13(16-9-12)18-14(19)21-15(3,4)5/h7-9,11,17H,6,10H2,1-5H3,(H,16,18,19). The van der Waals surface area contributed by atoms with Crippen molar-refractivity contribution in [2.75, 3.05) is 23.8 Å². The van der Waals surface area contributed by atoms with Crippen LogP contribution in [0.3, 0.4) is 0 Å². The van der Waals surface area contributed by atoms with Gasteiger partial charge in [0.25, 0.3) is 0 Å². The zero-order chi connectivity index (χ0) is 15.9. The predicted octanol–water partition coefficient (Wildman–Crippen LogP) is 3.27. The largest absolute Gasteiger partial charge is 0.444 e. The molecule has 0 spiro atoms. The Morgan fingerprint density at radius 1 is 1.38 bits per heavy atom. The molecule has 118 valence electrons. The number of anilines is 2. The van der Waals surface area contributed by atoms with E-state index < -0.39 is 11.7 Å². The molecule has 0 radical (unpaired) electrons. The highest BCUT2D eigenvalue weighted by Gasteiger charge is 2.16. The molecule has 0 aliphatic carbocycles. The van der Waals surface area contributed by atoms with Crippen molar-refractivity contribution >= 4 is 17.6 Å². The van der Waals surface area contributed by atoms with Gasteiger partial charge in [-0.25, -0.2) is 9.78 Å². The molecule has 6 heteroatoms. The van der Waals surface area contributed by atoms with Gasteiger partial charge in [0.05, 0.1) is 18.5 Å². The van der Waals surface area contributed by atoms with Crippen LogP contribution in [0.4, 0.5) is 16.3 Å². The lowest BCUT2D eigenvalue weighted by atomic mass is 10.2. The van der Waals surface area contributed by atoms with Crippen molar-refractivity contribution in [3.8, 4) is 0 Å². The van der Waals surface area contributed by atoms with E-state index in [0.29, 0.717) is 19.0 Å². The van der Waals surface area contributed by atoms with Crippen LogP contribution in [-0.4, -0.2) is 35.9 Å². The van der Waals surface area contributed by atoms with Gasteiger partial charge in [0.2, 0.25) is 0 Å². The van der Waals surface area contributed by atoms with Crippen molar-refractivity contribution in [2.24, 2.45) is 0 Å². The van der Waals surface area contributed by atoms with Gasteiger partial charge in [-0.2, -0.15) is 0 Å². The third-order valence-corrected chi connectivity index (χ3v) is 2.38. The molecular weight excluding hydrogens is 270 g/mol. The molecule has 1 rings (SSSR count). The molecule has 1 amide bonds. The van der Waals surface area contributed by atoms with E-state index in [9.17, 15) is 4.79 Å². The molecule has 0 aliphatic rings. The molecule has 0 aromatic carbocycles. The molecule has 21 heavy (non-hydrogen) atoms. The summed E-state index contributed by atoms with van der Waals surface area (Å²) in [7, 11) is 0. The maximum atomic E-state index is 11.6. The monoisotopic (exact) mass is 295 g/mol. The highest BCUT2D eigenvalue weighted by Crippen LogP contribution is 2.13. The first-order valence-corrected chi connectivity index (χ1v) is 7.10. The summed E-state index contributed by atoms with van der Waals surface area (Å²) >= 11 is 0. The Morgan fingerprint density at radius 3 is 2.62 bits per heavy atom. The van der Waals surface area contributed by atoms with Gasteiger partial charge in [0.15, 0.2) is 0 Å². The highest BCUT2D eigenvalue weighted by molar-refractivity contribution is 5.83. The molecule has 2 N–H and O–H groups in total. The second kappa shape index (κ2) is 7.83. The number of hydrogen-bond donors (Lipinski definition) is 2. The summed E-state index contributed by atoms with van der Waals surface area (Å²) in [5, 5.41) is 5.85. The van der Waals surface area contributed by atoms with E-state index in [-0.39, 0.29) is 6.04 Å². The Kier molecular flexibility index (Phi) is 6.42. The van der Waals surface area contributed by atoms with Crippen molar-refractivity contribution in [3.63, 3.8) is 0 Å². The molecule has 6 nitrogen and oxygen atoms in total. The van der Waals surface area contributed by atoms with Crippen LogP contribution in [0, 0.1) is 0 Å². The predicted molar refractivity (Wildman–Crippen MR) is 83.7 cm³/mol. The molecule has 0 fully saturated rings. The van der Waals surface area contributed by atoms with Crippen molar-refractivity contribution in [3.05, 3.63) is 18.3 Å². The smallest absolute Gasteiger partial charge is 0.413 e. The number of ether oxygens (including phenoxy) is 2. The van der Waals surface area contributed by atoms with Gasteiger partial charge >= 0.3 is 6.09 Å². The first-order chi connectivity index (χ1) is 9.80. The van der Waals surface area contributed by atoms with Crippen molar-refractivity contribution in [1.29, 1.82) is 0 Å². The summed E-state index contributed by atoms with van der Waals surface area (Å²) in [4.78, 5) is 15.8. The fourth-order valence-corrected chi connectivity index (χ4v) is 1.58. The molecule has 1 unspecified atom stereocenters. The number of rotatable bonds is 6. The van der Waals surface area contributed by atoms with Crippen LogP contribution < -0.4 is 10.6 Å². The Bertz CT molecular complexity index is 440. The topological polar surface area (TPSA) is 72.5 Å². The maximum absolute atomic E-state index is 11.6. The number of nitrogens with one attached hydrogen (secondary N) is 2. The highest BCUT2D eigenvalue weighted by atomic mass is 16.6. The Morgan fingerprint density at radius 2 is 2.10 bits per heavy atom. The second-order valence-corrected chi connectivity index (χ2v) is 5.76. The number of amides is 1. The summed E-state index contributed by atoms with van der Waals surface area (Å²) in [6, 6.07) is 3.76. The average Bonchev–Trinajstić information content (AvgIpc) is 2.36. The van der Waals surface area contributed by atoms with E-state index in [1.54, 1.807) is 12.3 Å². The van der Waals surface area contributed by atoms with Gasteiger partial charge in [0, 0.05) is 12.6 Å². The SMILES string of the molecule is CCOCC(C)Nc1ccc(NC(=O)OC(C)(C)C)nc1. The van der Waals surface area contributed by atoms with Crippen LogP contribution in [0.25, 0.3) is 0 Å². The molecule has 1 heterocycles. The van der Waals surface area contributed by atoms with Crippen LogP contribution in [0.1, 0.15) is 34.6 Å². The van der Waals surface area contributed by atoms with Crippen LogP contribution in [0.15, 0.2) is 18.3 Å². The summed E-state index contributed by atoms with van der Waals surface area (Å²) in [5.41, 5.74) is 0.345. The third-order valence-electron chi connectivity index (χ3n) is 2.38. The zero-order valence-corrected chi connectivity index (χ0v) is 13.4. The fourth-order valence-electron chi connectivity index (χ4n) is 1.58. The molecule has 1 atom stereocenters. The first-order valence-electron chi connectivity index (χ1n) is 7.10. The first kappa shape index (κ1) is 17.2. The van der Waals surface area contributed by atoms with Gasteiger partial charge < -0.3 is 14.8 Å². The number of carbonyl (C=O) groups is 1. The lowest BCUT2D eigenvalue weighted by Gasteiger charge is -2.19. The number of pyridine rings is 1. The molecule has 0 aliphatic heterocycles. The van der Waals surface area contributed by atoms with Gasteiger partial charge in [-0.1, -0.05) is 0 Å². The van der Waals surface area contributed by atoms with Gasteiger partial charge in [-0.3, -0.25) is 5.32 Å². The lowest BCUT2D eigenvalue weighted by Crippen LogP contribution is -2.27. The molecule has 1 aromatic heterocycles. The normalized spacial score (nSPS) is 12.6. The van der Waals surface area contributed by atoms with Crippen LogP contribution in [-0.2, 0) is 9.47 Å². The zero-order valence-electron chi connectivity index (χ0n) is 13.4. The van der Waals surface area contributed by atoms with Gasteiger partial charge in [0.1, 0.15) is 11.4 Å². The molecule has 0 bridgehead atoms. The van der Waals surface area contributed by atoms with E-state index in [4.69, 9.17) is 9.47 Å². The lowest BCUT2D eigenvalue weighted by molar-refractivity contribution is 0.0635. The quantitative estimate of drug-likeness (QED) is 0.842. The van der Waals surface area contributed by atoms with Crippen molar-refractivity contribution < 1.29 is 14.3 Å². The van der Waals surface area contributed by atoms with Crippen LogP contribution in [0.2, 0.25) is 0 Å². The third kappa shape index (κ3) is 7.51. The van der Waals surface area contributed by atoms with Gasteiger partial charge in [-0.05, 0) is 46.8 Å². The van der Waals surface area contributed by atoms with Crippen LogP contribution >= 0.6 is 0 Å². The number of aromatic nitrogens is 1. The van der Waals surface area contributed by atoms with E-state index in [0.717, 1.165) is 5.69 Å². The minimum atomic E-state index is -0.527. The van der Waals surface area contributed by atoms with Crippen LogP contribution in [0.5, 0.6) is 0 Å². The molecular formula is C15H25N3O3. The van der Waals surface area contributed by atoms with Gasteiger partial charge in [-0.15, -0.1) is 0 Å². The van der Waals surface area contributed by atoms with E-state index in [1.165, 1.54) is 0 Å². The Labute approximate surface area is 126 Å². The minimum Gasteiger partial charge on any atom is -0.444 e. The second-order valence-electron chi connectivity index (χ2n) is 5.76. The van der Waals surface area contributed by atoms with E-state index >= 15 is 0 Å². The summed E-state index contributed by atoms with van der Waals surface area (Å²) in [6.45, 7) is 10.8. The Hall–Kier alpha value is -1.82. The molecule has 0 saturated heterocycles. The fraction of sp³-hybridized carbons (Fsp3) is 0.600. The van der Waals surface area contributed by atoms with E-state index in [2.05, 4.69) is 15.6 Å². The average molecular weight is 295 g/mol. The van der Waals surface area contributed by atoms with Crippen molar-refractivity contribution in [1.82, 2.24) is 4.98 Å². The number of carbonyl (C=O) groups excluding carboxylic acids is 1. The minimum absolute atomic E-state index is 0.191. The summed E-state index contributed by atoms with van der Waals surface area (Å²) in [5.74, 6) is 0.451. The summed E-state index contributed by atoms with van der Waals surface area (Å²) in [6.07, 6.45) is 1.15. The Balaban J connectivity index is 2.48. The summed E-state index contributed by atoms with van der Waals surface area (Å²) < 4.78 is 10.5. The number of hydrogen-bond acceptors (Lipinski definition) is 5. The maximum Gasteiger partial charge on any atom is 0.413 e. The van der Waals surface area contributed by atoms with E-state index in [1.807, 2.05) is 40.7 Å².